The zero-order valence-corrected chi connectivity index (χ0v) is 22.1. The van der Waals surface area contributed by atoms with Crippen LogP contribution in [0, 0.1) is 11.3 Å². The molecule has 3 unspecified atom stereocenters. The van der Waals surface area contributed by atoms with E-state index in [9.17, 15) is 5.11 Å². The van der Waals surface area contributed by atoms with E-state index in [1.807, 2.05) is 35.0 Å². The lowest BCUT2D eigenvalue weighted by Crippen LogP contribution is -2.79. The molecule has 0 aromatic carbocycles. The molecule has 1 aliphatic heterocycles. The maximum atomic E-state index is 11.3. The summed E-state index contributed by atoms with van der Waals surface area (Å²) in [6.45, 7) is 0.495. The molecule has 1 N–H and O–H groups in total. The van der Waals surface area contributed by atoms with Crippen molar-refractivity contribution in [2.75, 3.05) is 39.2 Å². The van der Waals surface area contributed by atoms with Gasteiger partial charge in [-0.2, -0.15) is 11.8 Å². The van der Waals surface area contributed by atoms with Crippen LogP contribution in [0.2, 0.25) is 0 Å². The van der Waals surface area contributed by atoms with Crippen LogP contribution >= 0.6 is 11.8 Å². The molecule has 3 aliphatic carbocycles. The molecule has 0 amide bonds. The van der Waals surface area contributed by atoms with Gasteiger partial charge < -0.3 is 24.1 Å². The average Bonchev–Trinajstić information content (AvgIpc) is 3.60. The van der Waals surface area contributed by atoms with Crippen LogP contribution in [-0.2, 0) is 20.6 Å². The van der Waals surface area contributed by atoms with Crippen molar-refractivity contribution in [3.05, 3.63) is 24.0 Å². The van der Waals surface area contributed by atoms with Gasteiger partial charge in [0.25, 0.3) is 0 Å². The first kappa shape index (κ1) is 25.7. The lowest BCUT2D eigenvalue weighted by molar-refractivity contribution is -0.324. The maximum Gasteiger partial charge on any atom is 0.147 e. The van der Waals surface area contributed by atoms with E-state index in [0.717, 1.165) is 41.7 Å². The Bertz CT molecular complexity index is 826. The number of pyridine rings is 1. The zero-order chi connectivity index (χ0) is 24.3. The number of hydrogen-bond donors (Lipinski definition) is 1. The first-order chi connectivity index (χ1) is 17.1. The van der Waals surface area contributed by atoms with Crippen molar-refractivity contribution in [2.24, 2.45) is 11.3 Å². The van der Waals surface area contributed by atoms with Gasteiger partial charge in [0.1, 0.15) is 31.1 Å². The summed E-state index contributed by atoms with van der Waals surface area (Å²) in [6, 6.07) is 4.00. The van der Waals surface area contributed by atoms with Gasteiger partial charge >= 0.3 is 0 Å². The van der Waals surface area contributed by atoms with Gasteiger partial charge in [0.15, 0.2) is 0 Å². The topological polar surface area (TPSA) is 73.3 Å². The van der Waals surface area contributed by atoms with Gasteiger partial charge in [-0.25, -0.2) is 4.90 Å². The highest BCUT2D eigenvalue weighted by Gasteiger charge is 2.61. The molecule has 1 saturated heterocycles. The van der Waals surface area contributed by atoms with Crippen molar-refractivity contribution in [1.82, 2.24) is 9.88 Å². The van der Waals surface area contributed by atoms with E-state index in [2.05, 4.69) is 4.98 Å². The third-order valence-corrected chi connectivity index (χ3v) is 10.1. The fourth-order valence-corrected chi connectivity index (χ4v) is 7.57. The molecule has 2 heterocycles. The Morgan fingerprint density at radius 1 is 1.09 bits per heavy atom. The Kier molecular flexibility index (Phi) is 8.26. The van der Waals surface area contributed by atoms with E-state index >= 15 is 0 Å². The van der Waals surface area contributed by atoms with E-state index in [0.29, 0.717) is 18.6 Å². The van der Waals surface area contributed by atoms with Gasteiger partial charge in [-0.15, -0.1) is 0 Å². The van der Waals surface area contributed by atoms with E-state index in [4.69, 9.17) is 18.9 Å². The first-order valence-corrected chi connectivity index (χ1v) is 14.5. The fourth-order valence-electron chi connectivity index (χ4n) is 6.07. The number of nitrogens with zero attached hydrogens (tertiary/aromatic N) is 2. The molecule has 0 bridgehead atoms. The molecular formula is C27H42N2O5S. The van der Waals surface area contributed by atoms with Crippen LogP contribution in [0.5, 0.6) is 5.75 Å². The summed E-state index contributed by atoms with van der Waals surface area (Å²) in [5, 5.41) is 11.3. The third kappa shape index (κ3) is 5.68. The number of hydrogen-bond acceptors (Lipinski definition) is 8. The third-order valence-electron chi connectivity index (χ3n) is 8.79. The highest BCUT2D eigenvalue weighted by atomic mass is 32.2. The van der Waals surface area contributed by atoms with Crippen LogP contribution in [0.25, 0.3) is 0 Å². The minimum absolute atomic E-state index is 0.0112. The summed E-state index contributed by atoms with van der Waals surface area (Å²) in [4.78, 5) is 6.63. The molecule has 1 aromatic heterocycles. The molecule has 196 valence electrons. The van der Waals surface area contributed by atoms with Gasteiger partial charge in [-0.05, 0) is 74.5 Å². The fraction of sp³-hybridized carbons (Fsp3) is 0.815. The molecule has 3 saturated carbocycles. The molecule has 3 atom stereocenters. The van der Waals surface area contributed by atoms with Gasteiger partial charge in [0.05, 0.1) is 12.1 Å². The number of thioether (sulfide) groups is 1. The van der Waals surface area contributed by atoms with Crippen molar-refractivity contribution in [3.8, 4) is 5.75 Å². The maximum absolute atomic E-state index is 11.3. The molecule has 7 nitrogen and oxygen atoms in total. The van der Waals surface area contributed by atoms with Gasteiger partial charge in [0.2, 0.25) is 0 Å². The van der Waals surface area contributed by atoms with E-state index < -0.39 is 11.8 Å². The number of aliphatic hydroxyl groups excluding tert-OH is 1. The van der Waals surface area contributed by atoms with Crippen molar-refractivity contribution in [3.63, 3.8) is 0 Å². The van der Waals surface area contributed by atoms with Crippen molar-refractivity contribution >= 4 is 11.8 Å². The largest absolute Gasteiger partial charge is 0.490 e. The average molecular weight is 507 g/mol. The van der Waals surface area contributed by atoms with E-state index in [-0.39, 0.29) is 18.9 Å². The zero-order valence-electron chi connectivity index (χ0n) is 21.3. The van der Waals surface area contributed by atoms with E-state index in [1.54, 1.807) is 14.2 Å². The molecule has 1 spiro atoms. The number of likely N-dealkylation sites (tertiary alicyclic amines) is 1. The minimum Gasteiger partial charge on any atom is -0.490 e. The summed E-state index contributed by atoms with van der Waals surface area (Å²) < 4.78 is 23.4. The van der Waals surface area contributed by atoms with Crippen LogP contribution < -0.4 is 4.74 Å². The highest BCUT2D eigenvalue weighted by Crippen LogP contribution is 2.56. The number of rotatable bonds is 13. The van der Waals surface area contributed by atoms with Crippen LogP contribution in [0.3, 0.4) is 0 Å². The summed E-state index contributed by atoms with van der Waals surface area (Å²) in [7, 11) is 3.29. The van der Waals surface area contributed by atoms with Crippen LogP contribution in [0.1, 0.15) is 63.5 Å². The van der Waals surface area contributed by atoms with Crippen molar-refractivity contribution in [2.45, 2.75) is 88.2 Å². The number of aromatic nitrogens is 1. The number of methoxy groups -OCH3 is 2. The SMILES string of the molecule is COCOC1(Cc2cc(OC3CCC4(CC3)CC4)ccn2)C(O)N(COC)C1CSCC1CCC1. The number of aliphatic hydroxyl groups is 1. The Hall–Kier alpha value is -0.900. The predicted molar refractivity (Wildman–Crippen MR) is 136 cm³/mol. The Morgan fingerprint density at radius 3 is 2.54 bits per heavy atom. The molecule has 1 aromatic rings. The second kappa shape index (κ2) is 11.2. The van der Waals surface area contributed by atoms with Crippen LogP contribution in [0.4, 0.5) is 0 Å². The Balaban J connectivity index is 1.26. The lowest BCUT2D eigenvalue weighted by atomic mass is 9.78. The number of ether oxygens (including phenoxy) is 4. The second-order valence-electron chi connectivity index (χ2n) is 11.1. The molecular weight excluding hydrogens is 464 g/mol. The molecule has 0 radical (unpaired) electrons. The van der Waals surface area contributed by atoms with Gasteiger partial charge in [-0.3, -0.25) is 4.98 Å². The van der Waals surface area contributed by atoms with Crippen molar-refractivity contribution in [1.29, 1.82) is 0 Å². The second-order valence-corrected chi connectivity index (χ2v) is 12.2. The van der Waals surface area contributed by atoms with Crippen LogP contribution in [0.15, 0.2) is 18.3 Å². The van der Waals surface area contributed by atoms with E-state index in [1.165, 1.54) is 44.9 Å². The molecule has 5 rings (SSSR count). The molecule has 35 heavy (non-hydrogen) atoms. The summed E-state index contributed by atoms with van der Waals surface area (Å²) in [6.07, 6.45) is 13.5. The summed E-state index contributed by atoms with van der Waals surface area (Å²) >= 11 is 1.96. The molecule has 8 heteroatoms. The summed E-state index contributed by atoms with van der Waals surface area (Å²) in [5.41, 5.74) is 0.739. The smallest absolute Gasteiger partial charge is 0.147 e. The molecule has 4 fully saturated rings. The molecule has 4 aliphatic rings. The van der Waals surface area contributed by atoms with Gasteiger partial charge in [-0.1, -0.05) is 6.42 Å². The first-order valence-electron chi connectivity index (χ1n) is 13.3. The Morgan fingerprint density at radius 2 is 1.89 bits per heavy atom. The normalized spacial score (nSPS) is 30.7. The standard InChI is InChI=1S/C27H42N2O5S/c1-31-18-29-24(17-35-16-20-4-3-5-20)27(25(29)30,33-19-32-2)15-21-14-23(8-13-28-21)34-22-6-9-26(10-7-22)11-12-26/h8,13-14,20,22,24-25,30H,3-7,9-12,15-19H2,1-2H3. The minimum atomic E-state index is -0.796. The highest BCUT2D eigenvalue weighted by molar-refractivity contribution is 7.99. The van der Waals surface area contributed by atoms with Crippen LogP contribution in [-0.4, -0.2) is 78.2 Å². The summed E-state index contributed by atoms with van der Waals surface area (Å²) in [5.74, 6) is 3.74. The quantitative estimate of drug-likeness (QED) is 0.399. The van der Waals surface area contributed by atoms with Gasteiger partial charge in [0, 0.05) is 44.4 Å². The Labute approximate surface area is 214 Å². The van der Waals surface area contributed by atoms with Crippen molar-refractivity contribution < 1.29 is 24.1 Å². The lowest BCUT2D eigenvalue weighted by Gasteiger charge is -2.60. The monoisotopic (exact) mass is 506 g/mol. The predicted octanol–water partition coefficient (Wildman–Crippen LogP) is 4.22.